The van der Waals surface area contributed by atoms with Gasteiger partial charge in [-0.15, -0.1) is 0 Å². The van der Waals surface area contributed by atoms with Crippen LogP contribution in [-0.2, 0) is 4.74 Å². The van der Waals surface area contributed by atoms with Crippen LogP contribution in [0.1, 0.15) is 26.5 Å². The van der Waals surface area contributed by atoms with Gasteiger partial charge in [0.05, 0.1) is 6.54 Å². The number of alkyl carbamates (subject to hydrolysis) is 1. The van der Waals surface area contributed by atoms with E-state index >= 15 is 0 Å². The molecule has 25 heavy (non-hydrogen) atoms. The number of amides is 1. The minimum atomic E-state index is -0.523. The predicted molar refractivity (Wildman–Crippen MR) is 97.0 cm³/mol. The van der Waals surface area contributed by atoms with E-state index in [1.54, 1.807) is 6.07 Å². The van der Waals surface area contributed by atoms with Crippen LogP contribution in [0.3, 0.4) is 0 Å². The summed E-state index contributed by atoms with van der Waals surface area (Å²) in [5, 5.41) is 2.64. The molecule has 0 fully saturated rings. The molecule has 6 nitrogen and oxygen atoms in total. The van der Waals surface area contributed by atoms with Crippen molar-refractivity contribution in [2.75, 3.05) is 13.2 Å². The Hall–Kier alpha value is -2.76. The summed E-state index contributed by atoms with van der Waals surface area (Å²) < 4.78 is 10.8. The van der Waals surface area contributed by atoms with Crippen molar-refractivity contribution >= 4 is 6.09 Å². The van der Waals surface area contributed by atoms with E-state index in [9.17, 15) is 9.59 Å². The second-order valence-corrected chi connectivity index (χ2v) is 6.72. The molecule has 1 aromatic heterocycles. The number of nitrogens with one attached hydrogen (secondary N) is 2. The zero-order valence-corrected chi connectivity index (χ0v) is 15.0. The average Bonchev–Trinajstić information content (AvgIpc) is 2.49. The number of H-pyrrole nitrogens is 1. The van der Waals surface area contributed by atoms with Crippen LogP contribution < -0.4 is 15.6 Å². The lowest BCUT2D eigenvalue weighted by atomic mass is 10.1. The van der Waals surface area contributed by atoms with E-state index in [0.29, 0.717) is 18.9 Å². The van der Waals surface area contributed by atoms with Gasteiger partial charge in [-0.05, 0) is 57.0 Å². The summed E-state index contributed by atoms with van der Waals surface area (Å²) in [6.45, 7) is 7.93. The fourth-order valence-corrected chi connectivity index (χ4v) is 2.25. The van der Waals surface area contributed by atoms with Gasteiger partial charge in [-0.3, -0.25) is 4.79 Å². The van der Waals surface area contributed by atoms with E-state index in [1.807, 2.05) is 58.0 Å². The number of pyridine rings is 1. The van der Waals surface area contributed by atoms with E-state index in [0.717, 1.165) is 16.8 Å². The van der Waals surface area contributed by atoms with Crippen molar-refractivity contribution in [3.63, 3.8) is 0 Å². The van der Waals surface area contributed by atoms with Crippen LogP contribution in [0.5, 0.6) is 5.75 Å². The van der Waals surface area contributed by atoms with Crippen molar-refractivity contribution in [1.29, 1.82) is 0 Å². The Labute approximate surface area is 147 Å². The number of benzene rings is 1. The van der Waals surface area contributed by atoms with Crippen LogP contribution in [0, 0.1) is 6.92 Å². The Morgan fingerprint density at radius 2 is 1.92 bits per heavy atom. The number of carbonyl (C=O) groups is 1. The number of aryl methyl sites for hydroxylation is 1. The first kappa shape index (κ1) is 18.6. The highest BCUT2D eigenvalue weighted by Gasteiger charge is 2.15. The van der Waals surface area contributed by atoms with Crippen LogP contribution >= 0.6 is 0 Å². The smallest absolute Gasteiger partial charge is 0.407 e. The number of aromatic amines is 1. The monoisotopic (exact) mass is 344 g/mol. The summed E-state index contributed by atoms with van der Waals surface area (Å²) in [7, 11) is 0. The van der Waals surface area contributed by atoms with Gasteiger partial charge in [0.2, 0.25) is 5.56 Å². The maximum Gasteiger partial charge on any atom is 0.407 e. The predicted octanol–water partition coefficient (Wildman–Crippen LogP) is 3.25. The Morgan fingerprint density at radius 3 is 2.60 bits per heavy atom. The fourth-order valence-electron chi connectivity index (χ4n) is 2.25. The number of ether oxygens (including phenoxy) is 2. The molecule has 0 unspecified atom stereocenters. The molecule has 6 heteroatoms. The van der Waals surface area contributed by atoms with Gasteiger partial charge in [-0.25, -0.2) is 4.79 Å². The van der Waals surface area contributed by atoms with E-state index in [4.69, 9.17) is 9.47 Å². The van der Waals surface area contributed by atoms with Gasteiger partial charge >= 0.3 is 6.09 Å². The molecule has 0 spiro atoms. The van der Waals surface area contributed by atoms with Gasteiger partial charge in [0.1, 0.15) is 18.0 Å². The maximum atomic E-state index is 11.6. The standard InChI is InChI=1S/C19H24N2O4/c1-13-10-15(12-17(22)21-13)14-6-5-7-16(11-14)24-9-8-20-18(23)25-19(2,3)4/h5-7,10-12H,8-9H2,1-4H3,(H,20,23)(H,21,22). The van der Waals surface area contributed by atoms with E-state index in [-0.39, 0.29) is 5.56 Å². The van der Waals surface area contributed by atoms with Crippen LogP contribution in [-0.4, -0.2) is 29.8 Å². The third kappa shape index (κ3) is 6.33. The molecule has 134 valence electrons. The van der Waals surface area contributed by atoms with E-state index in [1.165, 1.54) is 0 Å². The molecule has 1 aromatic carbocycles. The van der Waals surface area contributed by atoms with Gasteiger partial charge in [0.15, 0.2) is 0 Å². The van der Waals surface area contributed by atoms with Gasteiger partial charge in [-0.2, -0.15) is 0 Å². The first-order chi connectivity index (χ1) is 11.7. The third-order valence-electron chi connectivity index (χ3n) is 3.19. The van der Waals surface area contributed by atoms with Crippen molar-refractivity contribution < 1.29 is 14.3 Å². The molecule has 0 aliphatic heterocycles. The Balaban J connectivity index is 1.92. The minimum absolute atomic E-state index is 0.136. The normalized spacial score (nSPS) is 11.0. The van der Waals surface area contributed by atoms with Crippen LogP contribution in [0.4, 0.5) is 4.79 Å². The van der Waals surface area contributed by atoms with Crippen molar-refractivity contribution in [2.24, 2.45) is 0 Å². The summed E-state index contributed by atoms with van der Waals surface area (Å²) in [5.74, 6) is 0.668. The summed E-state index contributed by atoms with van der Waals surface area (Å²) in [4.78, 5) is 25.9. The lowest BCUT2D eigenvalue weighted by Crippen LogP contribution is -2.34. The zero-order valence-electron chi connectivity index (χ0n) is 15.0. The maximum absolute atomic E-state index is 11.6. The van der Waals surface area contributed by atoms with Crippen molar-refractivity contribution in [3.05, 3.63) is 52.4 Å². The van der Waals surface area contributed by atoms with Gasteiger partial charge < -0.3 is 19.8 Å². The van der Waals surface area contributed by atoms with Gasteiger partial charge in [0, 0.05) is 11.8 Å². The fraction of sp³-hybridized carbons (Fsp3) is 0.368. The van der Waals surface area contributed by atoms with Crippen LogP contribution in [0.2, 0.25) is 0 Å². The SMILES string of the molecule is Cc1cc(-c2cccc(OCCNC(=O)OC(C)(C)C)c2)cc(=O)[nH]1. The Morgan fingerprint density at radius 1 is 1.16 bits per heavy atom. The van der Waals surface area contributed by atoms with Crippen LogP contribution in [0.15, 0.2) is 41.2 Å². The number of carbonyl (C=O) groups excluding carboxylic acids is 1. The van der Waals surface area contributed by atoms with Gasteiger partial charge in [-0.1, -0.05) is 12.1 Å². The van der Waals surface area contributed by atoms with Crippen molar-refractivity contribution in [1.82, 2.24) is 10.3 Å². The van der Waals surface area contributed by atoms with Crippen molar-refractivity contribution in [3.8, 4) is 16.9 Å². The molecule has 2 rings (SSSR count). The van der Waals surface area contributed by atoms with Crippen molar-refractivity contribution in [2.45, 2.75) is 33.3 Å². The summed E-state index contributed by atoms with van der Waals surface area (Å²) in [5.41, 5.74) is 1.87. The third-order valence-corrected chi connectivity index (χ3v) is 3.19. The first-order valence-corrected chi connectivity index (χ1v) is 8.14. The molecule has 0 saturated heterocycles. The van der Waals surface area contributed by atoms with Crippen LogP contribution in [0.25, 0.3) is 11.1 Å². The topological polar surface area (TPSA) is 80.4 Å². The molecule has 2 aromatic rings. The molecule has 1 heterocycles. The lowest BCUT2D eigenvalue weighted by Gasteiger charge is -2.19. The highest BCUT2D eigenvalue weighted by Crippen LogP contribution is 2.23. The molecule has 0 aliphatic carbocycles. The number of hydrogen-bond acceptors (Lipinski definition) is 4. The Bertz CT molecular complexity index is 790. The molecule has 0 radical (unpaired) electrons. The summed E-state index contributed by atoms with van der Waals surface area (Å²) >= 11 is 0. The number of hydrogen-bond donors (Lipinski definition) is 2. The lowest BCUT2D eigenvalue weighted by molar-refractivity contribution is 0.0520. The minimum Gasteiger partial charge on any atom is -0.492 e. The molecule has 2 N–H and O–H groups in total. The second kappa shape index (κ2) is 7.88. The number of rotatable bonds is 5. The summed E-state index contributed by atoms with van der Waals surface area (Å²) in [6, 6.07) is 10.9. The molecule has 0 bridgehead atoms. The van der Waals surface area contributed by atoms with E-state index < -0.39 is 11.7 Å². The second-order valence-electron chi connectivity index (χ2n) is 6.72. The number of aromatic nitrogens is 1. The van der Waals surface area contributed by atoms with Gasteiger partial charge in [0.25, 0.3) is 0 Å². The largest absolute Gasteiger partial charge is 0.492 e. The molecule has 0 saturated carbocycles. The van der Waals surface area contributed by atoms with E-state index in [2.05, 4.69) is 10.3 Å². The molecule has 0 atom stereocenters. The molecule has 1 amide bonds. The first-order valence-electron chi connectivity index (χ1n) is 8.14. The molecular weight excluding hydrogens is 320 g/mol. The quantitative estimate of drug-likeness (QED) is 0.816. The zero-order chi connectivity index (χ0) is 18.4. The Kier molecular flexibility index (Phi) is 5.85. The highest BCUT2D eigenvalue weighted by atomic mass is 16.6. The highest BCUT2D eigenvalue weighted by molar-refractivity contribution is 5.67. The molecule has 0 aliphatic rings. The summed E-state index contributed by atoms with van der Waals surface area (Å²) in [6.07, 6.45) is -0.469. The molecular formula is C19H24N2O4. The average molecular weight is 344 g/mol.